The van der Waals surface area contributed by atoms with Gasteiger partial charge in [-0.1, -0.05) is 0 Å². The second kappa shape index (κ2) is 6.50. The average Bonchev–Trinajstić information content (AvgIpc) is 2.29. The lowest BCUT2D eigenvalue weighted by atomic mass is 10.1. The van der Waals surface area contributed by atoms with Crippen molar-refractivity contribution in [2.45, 2.75) is 19.7 Å². The van der Waals surface area contributed by atoms with E-state index in [0.717, 1.165) is 0 Å². The van der Waals surface area contributed by atoms with Crippen molar-refractivity contribution < 1.29 is 36.2 Å². The maximum atomic E-state index is 12.8. The van der Waals surface area contributed by atoms with Gasteiger partial charge < -0.3 is 9.47 Å². The number of hydrogen-bond acceptors (Lipinski definition) is 4. The Morgan fingerprint density at radius 2 is 2.05 bits per heavy atom. The van der Waals surface area contributed by atoms with Gasteiger partial charge in [0, 0.05) is 6.20 Å². The summed E-state index contributed by atoms with van der Waals surface area (Å²) in [5.74, 6) is -2.15. The van der Waals surface area contributed by atoms with Crippen molar-refractivity contribution in [2.75, 3.05) is 6.61 Å². The SMILES string of the molecule is CCOC(=O)c1c(C(F)F)cnc(OC(F)(F)F)c1I. The van der Waals surface area contributed by atoms with Gasteiger partial charge in [-0.15, -0.1) is 13.2 Å². The standard InChI is InChI=1S/C10H7F5INO3/c1-2-19-9(18)5-4(7(11)12)3-17-8(6(5)16)20-10(13,14)15/h3,7H,2H2,1H3. The van der Waals surface area contributed by atoms with Gasteiger partial charge in [-0.05, 0) is 29.5 Å². The summed E-state index contributed by atoms with van der Waals surface area (Å²) in [6.45, 7) is 1.32. The molecule has 1 rings (SSSR count). The molecule has 1 heterocycles. The Morgan fingerprint density at radius 3 is 2.50 bits per heavy atom. The van der Waals surface area contributed by atoms with Crippen LogP contribution < -0.4 is 4.74 Å². The fourth-order valence-electron chi connectivity index (χ4n) is 1.24. The Morgan fingerprint density at radius 1 is 1.45 bits per heavy atom. The molecule has 0 unspecified atom stereocenters. The fraction of sp³-hybridized carbons (Fsp3) is 0.400. The third-order valence-corrected chi connectivity index (χ3v) is 2.94. The van der Waals surface area contributed by atoms with E-state index in [1.807, 2.05) is 0 Å². The van der Waals surface area contributed by atoms with Gasteiger partial charge >= 0.3 is 12.3 Å². The lowest BCUT2D eigenvalue weighted by Gasteiger charge is -2.14. The van der Waals surface area contributed by atoms with Crippen LogP contribution in [-0.4, -0.2) is 23.9 Å². The second-order valence-corrected chi connectivity index (χ2v) is 4.36. The Kier molecular flexibility index (Phi) is 5.48. The van der Waals surface area contributed by atoms with Gasteiger partial charge in [0.05, 0.1) is 21.3 Å². The minimum atomic E-state index is -5.05. The molecule has 1 aromatic heterocycles. The molecule has 4 nitrogen and oxygen atoms in total. The van der Waals surface area contributed by atoms with E-state index in [1.54, 1.807) is 0 Å². The second-order valence-electron chi connectivity index (χ2n) is 3.28. The molecule has 0 aliphatic heterocycles. The quantitative estimate of drug-likeness (QED) is 0.431. The number of hydrogen-bond donors (Lipinski definition) is 0. The highest BCUT2D eigenvalue weighted by molar-refractivity contribution is 14.1. The first-order chi connectivity index (χ1) is 9.17. The fourth-order valence-corrected chi connectivity index (χ4v) is 2.02. The zero-order valence-corrected chi connectivity index (χ0v) is 12.0. The number of esters is 1. The van der Waals surface area contributed by atoms with Crippen molar-refractivity contribution in [3.05, 3.63) is 20.9 Å². The molecule has 0 spiro atoms. The first kappa shape index (κ1) is 16.9. The number of pyridine rings is 1. The molecule has 0 radical (unpaired) electrons. The van der Waals surface area contributed by atoms with Crippen molar-refractivity contribution in [3.8, 4) is 5.88 Å². The largest absolute Gasteiger partial charge is 0.574 e. The van der Waals surface area contributed by atoms with Crippen molar-refractivity contribution >= 4 is 28.6 Å². The zero-order chi connectivity index (χ0) is 15.5. The van der Waals surface area contributed by atoms with Crippen molar-refractivity contribution in [1.29, 1.82) is 0 Å². The van der Waals surface area contributed by atoms with Crippen LogP contribution in [0.3, 0.4) is 0 Å². The molecule has 0 bridgehead atoms. The van der Waals surface area contributed by atoms with Gasteiger partial charge in [0.1, 0.15) is 0 Å². The Hall–Kier alpha value is -1.20. The Balaban J connectivity index is 3.34. The van der Waals surface area contributed by atoms with Crippen LogP contribution in [0.15, 0.2) is 6.20 Å². The van der Waals surface area contributed by atoms with Gasteiger partial charge in [-0.3, -0.25) is 0 Å². The molecule has 0 aliphatic rings. The highest BCUT2D eigenvalue weighted by Crippen LogP contribution is 2.33. The van der Waals surface area contributed by atoms with Crippen LogP contribution in [0.2, 0.25) is 0 Å². The molecule has 1 aromatic rings. The molecule has 0 saturated heterocycles. The minimum absolute atomic E-state index is 0.116. The summed E-state index contributed by atoms with van der Waals surface area (Å²) in [4.78, 5) is 14.7. The van der Waals surface area contributed by atoms with E-state index in [9.17, 15) is 26.7 Å². The summed E-state index contributed by atoms with van der Waals surface area (Å²) in [6.07, 6.45) is -7.68. The molecular weight excluding hydrogens is 404 g/mol. The maximum Gasteiger partial charge on any atom is 0.574 e. The molecule has 0 aromatic carbocycles. The van der Waals surface area contributed by atoms with Gasteiger partial charge in [0.15, 0.2) is 0 Å². The van der Waals surface area contributed by atoms with Gasteiger partial charge in [0.2, 0.25) is 5.88 Å². The van der Waals surface area contributed by atoms with E-state index in [2.05, 4.69) is 14.5 Å². The summed E-state index contributed by atoms with van der Waals surface area (Å²) >= 11 is 1.27. The Labute approximate surface area is 123 Å². The third-order valence-electron chi connectivity index (χ3n) is 1.94. The van der Waals surface area contributed by atoms with E-state index >= 15 is 0 Å². The molecule has 0 atom stereocenters. The molecule has 0 saturated carbocycles. The number of ether oxygens (including phenoxy) is 2. The molecule has 10 heteroatoms. The molecule has 0 amide bonds. The predicted octanol–water partition coefficient (Wildman–Crippen LogP) is 3.70. The summed E-state index contributed by atoms with van der Waals surface area (Å²) in [6, 6.07) is 0. The maximum absolute atomic E-state index is 12.8. The lowest BCUT2D eigenvalue weighted by molar-refractivity contribution is -0.276. The highest BCUT2D eigenvalue weighted by atomic mass is 127. The average molecular weight is 411 g/mol. The summed E-state index contributed by atoms with van der Waals surface area (Å²) in [7, 11) is 0. The topological polar surface area (TPSA) is 48.4 Å². The van der Waals surface area contributed by atoms with Gasteiger partial charge in [0.25, 0.3) is 6.43 Å². The van der Waals surface area contributed by atoms with Crippen LogP contribution in [0.4, 0.5) is 22.0 Å². The third kappa shape index (κ3) is 4.15. The number of carbonyl (C=O) groups excluding carboxylic acids is 1. The zero-order valence-electron chi connectivity index (χ0n) is 9.80. The van der Waals surface area contributed by atoms with E-state index in [0.29, 0.717) is 6.20 Å². The highest BCUT2D eigenvalue weighted by Gasteiger charge is 2.35. The summed E-state index contributed by atoms with van der Waals surface area (Å²) in [5, 5.41) is 0. The molecule has 20 heavy (non-hydrogen) atoms. The van der Waals surface area contributed by atoms with Gasteiger partial charge in [-0.2, -0.15) is 0 Å². The van der Waals surface area contributed by atoms with E-state index in [-0.39, 0.29) is 6.61 Å². The molecule has 0 N–H and O–H groups in total. The summed E-state index contributed by atoms with van der Waals surface area (Å²) < 4.78 is 69.5. The lowest BCUT2D eigenvalue weighted by Crippen LogP contribution is -2.20. The van der Waals surface area contributed by atoms with Crippen LogP contribution >= 0.6 is 22.6 Å². The van der Waals surface area contributed by atoms with E-state index in [1.165, 1.54) is 29.5 Å². The normalized spacial score (nSPS) is 11.6. The van der Waals surface area contributed by atoms with Crippen LogP contribution in [0, 0.1) is 3.57 Å². The molecule has 0 aliphatic carbocycles. The molecule has 0 fully saturated rings. The number of aromatic nitrogens is 1. The van der Waals surface area contributed by atoms with Crippen LogP contribution in [0.1, 0.15) is 29.3 Å². The van der Waals surface area contributed by atoms with Crippen molar-refractivity contribution in [3.63, 3.8) is 0 Å². The first-order valence-electron chi connectivity index (χ1n) is 5.06. The molecular formula is C10H7F5INO3. The monoisotopic (exact) mass is 411 g/mol. The van der Waals surface area contributed by atoms with Crippen LogP contribution in [0.5, 0.6) is 5.88 Å². The molecule has 112 valence electrons. The van der Waals surface area contributed by atoms with Crippen molar-refractivity contribution in [2.24, 2.45) is 0 Å². The number of alkyl halides is 5. The number of halogens is 6. The number of nitrogens with zero attached hydrogens (tertiary/aromatic N) is 1. The van der Waals surface area contributed by atoms with Crippen LogP contribution in [0.25, 0.3) is 0 Å². The first-order valence-corrected chi connectivity index (χ1v) is 6.14. The van der Waals surface area contributed by atoms with Crippen LogP contribution in [-0.2, 0) is 4.74 Å². The minimum Gasteiger partial charge on any atom is -0.462 e. The Bertz CT molecular complexity index is 506. The summed E-state index contributed by atoms with van der Waals surface area (Å²) in [5.41, 5.74) is -1.50. The van der Waals surface area contributed by atoms with Gasteiger partial charge in [-0.25, -0.2) is 18.6 Å². The number of carbonyl (C=O) groups is 1. The smallest absolute Gasteiger partial charge is 0.462 e. The van der Waals surface area contributed by atoms with Crippen molar-refractivity contribution in [1.82, 2.24) is 4.98 Å². The number of rotatable bonds is 4. The van der Waals surface area contributed by atoms with E-state index in [4.69, 9.17) is 0 Å². The predicted molar refractivity (Wildman–Crippen MR) is 64.6 cm³/mol. The van der Waals surface area contributed by atoms with E-state index < -0.39 is 39.3 Å².